The molecular weight excluding hydrogens is 222 g/mol. The minimum absolute atomic E-state index is 0.0311. The van der Waals surface area contributed by atoms with Crippen LogP contribution in [-0.4, -0.2) is 16.5 Å². The van der Waals surface area contributed by atoms with Crippen molar-refractivity contribution in [2.24, 2.45) is 0 Å². The van der Waals surface area contributed by atoms with Gasteiger partial charge in [0.25, 0.3) is 5.69 Å². The lowest BCUT2D eigenvalue weighted by atomic mass is 9.82. The fraction of sp³-hybridized carbons (Fsp3) is 0.417. The minimum atomic E-state index is -0.498. The molecular formula is C12H13NO4. The van der Waals surface area contributed by atoms with E-state index in [1.54, 1.807) is 0 Å². The van der Waals surface area contributed by atoms with Crippen LogP contribution in [0.2, 0.25) is 0 Å². The third-order valence-electron chi connectivity index (χ3n) is 3.06. The van der Waals surface area contributed by atoms with E-state index >= 15 is 0 Å². The summed E-state index contributed by atoms with van der Waals surface area (Å²) >= 11 is 0. The molecule has 0 aliphatic heterocycles. The number of hydrogen-bond acceptors (Lipinski definition) is 4. The minimum Gasteiger partial charge on any atom is -0.456 e. The lowest BCUT2D eigenvalue weighted by Gasteiger charge is -2.37. The molecule has 0 unspecified atom stereocenters. The number of non-ortho nitro benzene ring substituents is 1. The van der Waals surface area contributed by atoms with Crippen molar-refractivity contribution < 1.29 is 14.5 Å². The van der Waals surface area contributed by atoms with Gasteiger partial charge >= 0.3 is 5.97 Å². The normalized spacial score (nSPS) is 17.0. The lowest BCUT2D eigenvalue weighted by Crippen LogP contribution is -2.38. The van der Waals surface area contributed by atoms with E-state index in [9.17, 15) is 14.9 Å². The van der Waals surface area contributed by atoms with Crippen molar-refractivity contribution in [3.63, 3.8) is 0 Å². The Morgan fingerprint density at radius 3 is 2.35 bits per heavy atom. The predicted octanol–water partition coefficient (Wildman–Crippen LogP) is 2.69. The molecule has 0 N–H and O–H groups in total. The zero-order chi connectivity index (χ0) is 12.5. The van der Waals surface area contributed by atoms with Crippen LogP contribution in [0.15, 0.2) is 24.3 Å². The first-order valence-electron chi connectivity index (χ1n) is 5.48. The van der Waals surface area contributed by atoms with Gasteiger partial charge in [0.2, 0.25) is 0 Å². The van der Waals surface area contributed by atoms with Crippen LogP contribution in [0.3, 0.4) is 0 Å². The Hall–Kier alpha value is -1.91. The van der Waals surface area contributed by atoms with Crippen LogP contribution >= 0.6 is 0 Å². The molecule has 0 radical (unpaired) electrons. The van der Waals surface area contributed by atoms with E-state index in [1.165, 1.54) is 24.3 Å². The summed E-state index contributed by atoms with van der Waals surface area (Å²) in [5.74, 6) is -0.415. The standard InChI is InChI=1S/C12H13NO4/c1-12(7-2-8-12)17-11(14)9-3-5-10(6-4-9)13(15)16/h3-6H,2,7-8H2,1H3. The number of ether oxygens (including phenoxy) is 1. The van der Waals surface area contributed by atoms with Gasteiger partial charge in [-0.25, -0.2) is 4.79 Å². The number of nitro groups is 1. The molecule has 5 nitrogen and oxygen atoms in total. The zero-order valence-electron chi connectivity index (χ0n) is 9.51. The first kappa shape index (κ1) is 11.6. The number of benzene rings is 1. The highest BCUT2D eigenvalue weighted by Crippen LogP contribution is 2.35. The van der Waals surface area contributed by atoms with Gasteiger partial charge < -0.3 is 4.74 Å². The second kappa shape index (κ2) is 4.16. The fourth-order valence-electron chi connectivity index (χ4n) is 1.78. The lowest BCUT2D eigenvalue weighted by molar-refractivity contribution is -0.384. The molecule has 1 aliphatic carbocycles. The Kier molecular flexibility index (Phi) is 2.83. The van der Waals surface area contributed by atoms with Crippen LogP contribution in [0.1, 0.15) is 36.5 Å². The number of hydrogen-bond donors (Lipinski definition) is 0. The quantitative estimate of drug-likeness (QED) is 0.459. The van der Waals surface area contributed by atoms with Gasteiger partial charge in [-0.15, -0.1) is 0 Å². The summed E-state index contributed by atoms with van der Waals surface area (Å²) in [4.78, 5) is 21.7. The molecule has 0 spiro atoms. The highest BCUT2D eigenvalue weighted by atomic mass is 16.6. The average Bonchev–Trinajstić information content (AvgIpc) is 2.27. The Bertz CT molecular complexity index is 448. The Labute approximate surface area is 98.5 Å². The predicted molar refractivity (Wildman–Crippen MR) is 60.8 cm³/mol. The monoisotopic (exact) mass is 235 g/mol. The van der Waals surface area contributed by atoms with E-state index in [4.69, 9.17) is 4.74 Å². The highest BCUT2D eigenvalue weighted by molar-refractivity contribution is 5.90. The maximum Gasteiger partial charge on any atom is 0.338 e. The molecule has 90 valence electrons. The summed E-state index contributed by atoms with van der Waals surface area (Å²) < 4.78 is 5.35. The Balaban J connectivity index is 2.06. The van der Waals surface area contributed by atoms with Crippen molar-refractivity contribution in [1.29, 1.82) is 0 Å². The number of esters is 1. The van der Waals surface area contributed by atoms with Crippen molar-refractivity contribution in [3.05, 3.63) is 39.9 Å². The number of carbonyl (C=O) groups is 1. The summed E-state index contributed by atoms with van der Waals surface area (Å²) in [5.41, 5.74) is -0.0288. The molecule has 0 bridgehead atoms. The van der Waals surface area contributed by atoms with Gasteiger partial charge in [0.05, 0.1) is 10.5 Å². The van der Waals surface area contributed by atoms with E-state index in [0.717, 1.165) is 19.3 Å². The molecule has 0 saturated heterocycles. The highest BCUT2D eigenvalue weighted by Gasteiger charge is 2.35. The smallest absolute Gasteiger partial charge is 0.338 e. The van der Waals surface area contributed by atoms with Crippen LogP contribution in [-0.2, 0) is 4.74 Å². The number of nitrogens with zero attached hydrogens (tertiary/aromatic N) is 1. The number of nitro benzene ring substituents is 1. The topological polar surface area (TPSA) is 69.4 Å². The molecule has 0 amide bonds. The van der Waals surface area contributed by atoms with Gasteiger partial charge in [-0.2, -0.15) is 0 Å². The molecule has 17 heavy (non-hydrogen) atoms. The van der Waals surface area contributed by atoms with E-state index in [2.05, 4.69) is 0 Å². The van der Waals surface area contributed by atoms with Gasteiger partial charge in [0.15, 0.2) is 0 Å². The zero-order valence-corrected chi connectivity index (χ0v) is 9.51. The summed E-state index contributed by atoms with van der Waals surface area (Å²) in [6, 6.07) is 5.45. The maximum atomic E-state index is 11.7. The van der Waals surface area contributed by atoms with Crippen molar-refractivity contribution in [2.75, 3.05) is 0 Å². The molecule has 2 rings (SSSR count). The van der Waals surface area contributed by atoms with E-state index in [-0.39, 0.29) is 11.3 Å². The van der Waals surface area contributed by atoms with E-state index < -0.39 is 10.9 Å². The largest absolute Gasteiger partial charge is 0.456 e. The van der Waals surface area contributed by atoms with Crippen LogP contribution in [0.4, 0.5) is 5.69 Å². The summed E-state index contributed by atoms with van der Waals surface area (Å²) in [6.07, 6.45) is 2.83. The maximum absolute atomic E-state index is 11.7. The molecule has 0 atom stereocenters. The Morgan fingerprint density at radius 1 is 1.35 bits per heavy atom. The third-order valence-corrected chi connectivity index (χ3v) is 3.06. The van der Waals surface area contributed by atoms with Crippen LogP contribution in [0.5, 0.6) is 0 Å². The summed E-state index contributed by atoms with van der Waals surface area (Å²) in [7, 11) is 0. The van der Waals surface area contributed by atoms with Gasteiger partial charge in [-0.3, -0.25) is 10.1 Å². The van der Waals surface area contributed by atoms with E-state index in [1.807, 2.05) is 6.92 Å². The van der Waals surface area contributed by atoms with E-state index in [0.29, 0.717) is 5.56 Å². The summed E-state index contributed by atoms with van der Waals surface area (Å²) in [6.45, 7) is 1.90. The second-order valence-corrected chi connectivity index (χ2v) is 4.50. The Morgan fingerprint density at radius 2 is 1.94 bits per heavy atom. The molecule has 1 aliphatic rings. The van der Waals surface area contributed by atoms with Gasteiger partial charge in [0, 0.05) is 12.1 Å². The van der Waals surface area contributed by atoms with Gasteiger partial charge in [-0.1, -0.05) is 0 Å². The van der Waals surface area contributed by atoms with Crippen LogP contribution in [0, 0.1) is 10.1 Å². The fourth-order valence-corrected chi connectivity index (χ4v) is 1.78. The van der Waals surface area contributed by atoms with Crippen molar-refractivity contribution in [1.82, 2.24) is 0 Å². The van der Waals surface area contributed by atoms with Crippen LogP contribution in [0.25, 0.3) is 0 Å². The second-order valence-electron chi connectivity index (χ2n) is 4.50. The molecule has 1 fully saturated rings. The number of carbonyl (C=O) groups excluding carboxylic acids is 1. The molecule has 0 heterocycles. The van der Waals surface area contributed by atoms with Gasteiger partial charge in [0.1, 0.15) is 5.60 Å². The molecule has 0 aromatic heterocycles. The molecule has 5 heteroatoms. The number of rotatable bonds is 3. The molecule has 1 saturated carbocycles. The van der Waals surface area contributed by atoms with Crippen LogP contribution < -0.4 is 0 Å². The first-order valence-corrected chi connectivity index (χ1v) is 5.48. The molecule has 1 aromatic rings. The molecule has 1 aromatic carbocycles. The van der Waals surface area contributed by atoms with Crippen molar-refractivity contribution >= 4 is 11.7 Å². The summed E-state index contributed by atoms with van der Waals surface area (Å²) in [5, 5.41) is 10.5. The van der Waals surface area contributed by atoms with Crippen molar-refractivity contribution in [3.8, 4) is 0 Å². The van der Waals surface area contributed by atoms with Crippen molar-refractivity contribution in [2.45, 2.75) is 31.8 Å². The third kappa shape index (κ3) is 2.43. The average molecular weight is 235 g/mol. The SMILES string of the molecule is CC1(OC(=O)c2ccc([N+](=O)[O-])cc2)CCC1. The first-order chi connectivity index (χ1) is 8.00. The van der Waals surface area contributed by atoms with Gasteiger partial charge in [-0.05, 0) is 38.3 Å².